The van der Waals surface area contributed by atoms with E-state index in [1.54, 1.807) is 6.33 Å². The lowest BCUT2D eigenvalue weighted by Crippen LogP contribution is -2.53. The lowest BCUT2D eigenvalue weighted by atomic mass is 10.1. The second-order valence-corrected chi connectivity index (χ2v) is 7.13. The van der Waals surface area contributed by atoms with Crippen LogP contribution in [0.25, 0.3) is 10.9 Å². The van der Waals surface area contributed by atoms with E-state index in [2.05, 4.69) is 20.2 Å². The summed E-state index contributed by atoms with van der Waals surface area (Å²) in [5.74, 6) is 0.878. The predicted octanol–water partition coefficient (Wildman–Crippen LogP) is 2.29. The molecule has 4 rings (SSSR count). The number of morpholine rings is 1. The first kappa shape index (κ1) is 17.3. The first-order valence-corrected chi connectivity index (χ1v) is 9.37. The van der Waals surface area contributed by atoms with Crippen molar-refractivity contribution in [1.29, 1.82) is 0 Å². The van der Waals surface area contributed by atoms with Crippen molar-refractivity contribution in [3.8, 4) is 0 Å². The van der Waals surface area contributed by atoms with Gasteiger partial charge in [-0.05, 0) is 31.0 Å². The standard InChI is InChI=1S/C18H22ClN5O2/c19-13-3-4-16-15(10-13)17(21-12-20-16)24-5-1-2-14(11-24)22-18(25)23-6-8-26-9-7-23/h3-4,10,12,14H,1-2,5-9,11H2,(H,22,25). The van der Waals surface area contributed by atoms with Gasteiger partial charge >= 0.3 is 6.03 Å². The second-order valence-electron chi connectivity index (χ2n) is 6.69. The quantitative estimate of drug-likeness (QED) is 0.872. The Balaban J connectivity index is 1.48. The van der Waals surface area contributed by atoms with Gasteiger partial charge in [-0.1, -0.05) is 11.6 Å². The number of anilines is 1. The summed E-state index contributed by atoms with van der Waals surface area (Å²) in [5, 5.41) is 4.78. The van der Waals surface area contributed by atoms with E-state index < -0.39 is 0 Å². The molecule has 3 heterocycles. The van der Waals surface area contributed by atoms with Gasteiger partial charge < -0.3 is 19.9 Å². The number of benzene rings is 1. The summed E-state index contributed by atoms with van der Waals surface area (Å²) in [6.45, 7) is 4.15. The molecule has 0 bridgehead atoms. The average Bonchev–Trinajstić information content (AvgIpc) is 2.68. The number of nitrogens with one attached hydrogen (secondary N) is 1. The molecule has 26 heavy (non-hydrogen) atoms. The Bertz CT molecular complexity index is 796. The van der Waals surface area contributed by atoms with E-state index in [9.17, 15) is 4.79 Å². The van der Waals surface area contributed by atoms with Crippen LogP contribution in [0.15, 0.2) is 24.5 Å². The summed E-state index contributed by atoms with van der Waals surface area (Å²) < 4.78 is 5.31. The van der Waals surface area contributed by atoms with Gasteiger partial charge in [0.25, 0.3) is 0 Å². The molecule has 8 heteroatoms. The third kappa shape index (κ3) is 3.68. The van der Waals surface area contributed by atoms with Crippen LogP contribution in [0.2, 0.25) is 5.02 Å². The SMILES string of the molecule is O=C(NC1CCCN(c2ncnc3ccc(Cl)cc23)C1)N1CCOCC1. The molecule has 2 fully saturated rings. The molecule has 1 unspecified atom stereocenters. The topological polar surface area (TPSA) is 70.6 Å². The summed E-state index contributed by atoms with van der Waals surface area (Å²) in [4.78, 5) is 25.3. The number of aromatic nitrogens is 2. The maximum absolute atomic E-state index is 12.5. The zero-order valence-electron chi connectivity index (χ0n) is 14.5. The lowest BCUT2D eigenvalue weighted by Gasteiger charge is -2.36. The van der Waals surface area contributed by atoms with Gasteiger partial charge in [-0.25, -0.2) is 14.8 Å². The number of hydrogen-bond donors (Lipinski definition) is 1. The van der Waals surface area contributed by atoms with Crippen molar-refractivity contribution in [2.24, 2.45) is 0 Å². The van der Waals surface area contributed by atoms with Gasteiger partial charge in [0.05, 0.1) is 18.7 Å². The van der Waals surface area contributed by atoms with Gasteiger partial charge in [-0.15, -0.1) is 0 Å². The number of amides is 2. The molecule has 2 saturated heterocycles. The van der Waals surface area contributed by atoms with E-state index in [0.29, 0.717) is 31.3 Å². The fourth-order valence-corrected chi connectivity index (χ4v) is 3.76. The van der Waals surface area contributed by atoms with Crippen molar-refractivity contribution in [3.05, 3.63) is 29.5 Å². The van der Waals surface area contributed by atoms with Crippen molar-refractivity contribution in [2.75, 3.05) is 44.3 Å². The first-order chi connectivity index (χ1) is 12.7. The Hall–Kier alpha value is -2.12. The van der Waals surface area contributed by atoms with Crippen LogP contribution in [-0.4, -0.2) is 66.3 Å². The number of nitrogens with zero attached hydrogens (tertiary/aromatic N) is 4. The highest BCUT2D eigenvalue weighted by atomic mass is 35.5. The van der Waals surface area contributed by atoms with Gasteiger partial charge in [0.2, 0.25) is 0 Å². The van der Waals surface area contributed by atoms with Gasteiger partial charge in [-0.2, -0.15) is 0 Å². The molecule has 1 aromatic heterocycles. The minimum Gasteiger partial charge on any atom is -0.378 e. The minimum atomic E-state index is -0.00394. The predicted molar refractivity (Wildman–Crippen MR) is 101 cm³/mol. The van der Waals surface area contributed by atoms with Crippen molar-refractivity contribution < 1.29 is 9.53 Å². The molecule has 1 N–H and O–H groups in total. The monoisotopic (exact) mass is 375 g/mol. The number of piperidine rings is 1. The molecule has 0 spiro atoms. The zero-order valence-corrected chi connectivity index (χ0v) is 15.3. The summed E-state index contributed by atoms with van der Waals surface area (Å²) >= 11 is 6.17. The molecule has 1 aromatic carbocycles. The highest BCUT2D eigenvalue weighted by Gasteiger charge is 2.26. The normalized spacial score (nSPS) is 21.0. The van der Waals surface area contributed by atoms with Gasteiger partial charge in [0.15, 0.2) is 0 Å². The maximum atomic E-state index is 12.5. The van der Waals surface area contributed by atoms with Crippen molar-refractivity contribution in [1.82, 2.24) is 20.2 Å². The average molecular weight is 376 g/mol. The molecule has 2 aliphatic heterocycles. The van der Waals surface area contributed by atoms with Crippen molar-refractivity contribution in [2.45, 2.75) is 18.9 Å². The number of ether oxygens (including phenoxy) is 1. The summed E-state index contributed by atoms with van der Waals surface area (Å²) in [6, 6.07) is 5.74. The molecular formula is C18H22ClN5O2. The van der Waals surface area contributed by atoms with E-state index >= 15 is 0 Å². The number of halogens is 1. The maximum Gasteiger partial charge on any atom is 0.317 e. The summed E-state index contributed by atoms with van der Waals surface area (Å²) in [6.07, 6.45) is 3.55. The largest absolute Gasteiger partial charge is 0.378 e. The number of rotatable bonds is 2. The molecule has 2 aromatic rings. The van der Waals surface area contributed by atoms with Crippen LogP contribution < -0.4 is 10.2 Å². The zero-order chi connectivity index (χ0) is 17.9. The Morgan fingerprint density at radius 3 is 2.92 bits per heavy atom. The minimum absolute atomic E-state index is 0.00394. The fraction of sp³-hybridized carbons (Fsp3) is 0.500. The van der Waals surface area contributed by atoms with Crippen molar-refractivity contribution in [3.63, 3.8) is 0 Å². The van der Waals surface area contributed by atoms with Gasteiger partial charge in [0.1, 0.15) is 12.1 Å². The molecular weight excluding hydrogens is 354 g/mol. The molecule has 2 amide bonds. The third-order valence-electron chi connectivity index (χ3n) is 4.92. The number of carbonyl (C=O) groups is 1. The number of hydrogen-bond acceptors (Lipinski definition) is 5. The summed E-state index contributed by atoms with van der Waals surface area (Å²) in [5.41, 5.74) is 0.874. The molecule has 0 saturated carbocycles. The number of carbonyl (C=O) groups excluding carboxylic acids is 1. The van der Waals surface area contributed by atoms with E-state index in [1.165, 1.54) is 0 Å². The van der Waals surface area contributed by atoms with E-state index in [0.717, 1.165) is 42.7 Å². The van der Waals surface area contributed by atoms with Gasteiger partial charge in [-0.3, -0.25) is 0 Å². The summed E-state index contributed by atoms with van der Waals surface area (Å²) in [7, 11) is 0. The van der Waals surface area contributed by atoms with Gasteiger partial charge in [0, 0.05) is 42.6 Å². The van der Waals surface area contributed by atoms with Crippen LogP contribution in [0.3, 0.4) is 0 Å². The smallest absolute Gasteiger partial charge is 0.317 e. The molecule has 0 radical (unpaired) electrons. The molecule has 2 aliphatic rings. The Labute approximate surface area is 157 Å². The highest BCUT2D eigenvalue weighted by molar-refractivity contribution is 6.31. The van der Waals surface area contributed by atoms with Crippen LogP contribution in [0.4, 0.5) is 10.6 Å². The molecule has 7 nitrogen and oxygen atoms in total. The Morgan fingerprint density at radius 1 is 1.23 bits per heavy atom. The Morgan fingerprint density at radius 2 is 2.08 bits per heavy atom. The highest BCUT2D eigenvalue weighted by Crippen LogP contribution is 2.28. The fourth-order valence-electron chi connectivity index (χ4n) is 3.59. The third-order valence-corrected chi connectivity index (χ3v) is 5.16. The van der Waals surface area contributed by atoms with E-state index in [-0.39, 0.29) is 12.1 Å². The Kier molecular flexibility index (Phi) is 5.08. The lowest BCUT2D eigenvalue weighted by molar-refractivity contribution is 0.0523. The second kappa shape index (κ2) is 7.63. The number of urea groups is 1. The van der Waals surface area contributed by atoms with E-state index in [1.807, 2.05) is 23.1 Å². The van der Waals surface area contributed by atoms with Crippen LogP contribution in [0.5, 0.6) is 0 Å². The molecule has 0 aliphatic carbocycles. The molecule has 138 valence electrons. The van der Waals surface area contributed by atoms with Crippen LogP contribution in [0, 0.1) is 0 Å². The van der Waals surface area contributed by atoms with E-state index in [4.69, 9.17) is 16.3 Å². The van der Waals surface area contributed by atoms with Crippen LogP contribution >= 0.6 is 11.6 Å². The van der Waals surface area contributed by atoms with Crippen molar-refractivity contribution >= 4 is 34.4 Å². The van der Waals surface area contributed by atoms with Crippen LogP contribution in [0.1, 0.15) is 12.8 Å². The van der Waals surface area contributed by atoms with Crippen LogP contribution in [-0.2, 0) is 4.74 Å². The first-order valence-electron chi connectivity index (χ1n) is 8.99. The molecule has 1 atom stereocenters. The number of fused-ring (bicyclic) bond motifs is 1.